The average molecular weight is 296 g/mol. The molecule has 2 aromatic rings. The van der Waals surface area contributed by atoms with E-state index < -0.39 is 0 Å². The minimum absolute atomic E-state index is 0.108. The zero-order chi connectivity index (χ0) is 12.4. The van der Waals surface area contributed by atoms with Gasteiger partial charge in [-0.3, -0.25) is 0 Å². The Morgan fingerprint density at radius 2 is 2.24 bits per heavy atom. The molecule has 0 aliphatic rings. The fourth-order valence-electron chi connectivity index (χ4n) is 1.44. The Bertz CT molecular complexity index is 524. The maximum atomic E-state index is 5.57. The number of benzene rings is 1. The number of nitrogens with two attached hydrogens (primary N) is 1. The molecule has 4 nitrogen and oxygen atoms in total. The molecule has 0 aliphatic carbocycles. The molecule has 2 rings (SSSR count). The molecule has 17 heavy (non-hydrogen) atoms. The molecule has 0 radical (unpaired) electrons. The van der Waals surface area contributed by atoms with Crippen LogP contribution in [0, 0.1) is 6.92 Å². The molecule has 0 bridgehead atoms. The molecule has 5 heteroatoms. The van der Waals surface area contributed by atoms with E-state index in [1.165, 1.54) is 5.56 Å². The van der Waals surface area contributed by atoms with Crippen LogP contribution in [0.4, 0.5) is 0 Å². The van der Waals surface area contributed by atoms with E-state index in [1.807, 2.05) is 32.0 Å². The van der Waals surface area contributed by atoms with Crippen LogP contribution >= 0.6 is 15.9 Å². The number of hydrogen-bond acceptors (Lipinski definition) is 4. The summed E-state index contributed by atoms with van der Waals surface area (Å²) in [5, 5.41) is 3.94. The highest BCUT2D eigenvalue weighted by atomic mass is 79.9. The highest BCUT2D eigenvalue weighted by Crippen LogP contribution is 2.28. The van der Waals surface area contributed by atoms with Gasteiger partial charge in [0.25, 0.3) is 5.89 Å². The third-order valence-corrected chi connectivity index (χ3v) is 3.25. The Hall–Kier alpha value is -1.20. The summed E-state index contributed by atoms with van der Waals surface area (Å²) in [5.74, 6) is 1.28. The Morgan fingerprint density at radius 3 is 2.88 bits per heavy atom. The van der Waals surface area contributed by atoms with Crippen molar-refractivity contribution in [3.05, 3.63) is 34.1 Å². The smallest absolute Gasteiger partial charge is 0.259 e. The summed E-state index contributed by atoms with van der Waals surface area (Å²) >= 11 is 3.49. The van der Waals surface area contributed by atoms with Crippen molar-refractivity contribution < 1.29 is 4.52 Å². The van der Waals surface area contributed by atoms with Crippen LogP contribution in [0.3, 0.4) is 0 Å². The van der Waals surface area contributed by atoms with E-state index >= 15 is 0 Å². The van der Waals surface area contributed by atoms with Gasteiger partial charge >= 0.3 is 0 Å². The van der Waals surface area contributed by atoms with Gasteiger partial charge in [-0.15, -0.1) is 0 Å². The Kier molecular flexibility index (Phi) is 3.59. The van der Waals surface area contributed by atoms with Crippen LogP contribution in [0.5, 0.6) is 0 Å². The molecule has 0 aliphatic heterocycles. The first kappa shape index (κ1) is 12.3. The summed E-state index contributed by atoms with van der Waals surface area (Å²) in [6.45, 7) is 4.51. The third kappa shape index (κ3) is 2.56. The van der Waals surface area contributed by atoms with Gasteiger partial charge in [0.2, 0.25) is 0 Å². The number of aryl methyl sites for hydroxylation is 1. The summed E-state index contributed by atoms with van der Waals surface area (Å²) < 4.78 is 6.20. The number of aromatic nitrogens is 2. The summed E-state index contributed by atoms with van der Waals surface area (Å²) in [5.41, 5.74) is 7.65. The van der Waals surface area contributed by atoms with Crippen LogP contribution in [0.2, 0.25) is 0 Å². The first-order valence-corrected chi connectivity index (χ1v) is 6.21. The minimum Gasteiger partial charge on any atom is -0.334 e. The summed E-state index contributed by atoms with van der Waals surface area (Å²) in [7, 11) is 0. The second kappa shape index (κ2) is 4.98. The quantitative estimate of drug-likeness (QED) is 0.946. The van der Waals surface area contributed by atoms with E-state index in [-0.39, 0.29) is 5.92 Å². The lowest BCUT2D eigenvalue weighted by atomic mass is 10.1. The van der Waals surface area contributed by atoms with Crippen molar-refractivity contribution in [1.29, 1.82) is 0 Å². The van der Waals surface area contributed by atoms with Gasteiger partial charge in [0.15, 0.2) is 5.82 Å². The van der Waals surface area contributed by atoms with Gasteiger partial charge in [0, 0.05) is 16.9 Å². The van der Waals surface area contributed by atoms with Gasteiger partial charge in [-0.25, -0.2) is 0 Å². The zero-order valence-electron chi connectivity index (χ0n) is 9.77. The monoisotopic (exact) mass is 295 g/mol. The van der Waals surface area contributed by atoms with Crippen molar-refractivity contribution in [3.63, 3.8) is 0 Å². The zero-order valence-corrected chi connectivity index (χ0v) is 11.4. The lowest BCUT2D eigenvalue weighted by molar-refractivity contribution is 0.417. The summed E-state index contributed by atoms with van der Waals surface area (Å²) in [6, 6.07) is 5.99. The topological polar surface area (TPSA) is 64.9 Å². The summed E-state index contributed by atoms with van der Waals surface area (Å²) in [6.07, 6.45) is 0. The fraction of sp³-hybridized carbons (Fsp3) is 0.333. The van der Waals surface area contributed by atoms with E-state index in [0.29, 0.717) is 18.3 Å². The molecule has 0 fully saturated rings. The Labute approximate surface area is 108 Å². The van der Waals surface area contributed by atoms with Gasteiger partial charge in [-0.2, -0.15) is 4.98 Å². The molecule has 1 aromatic heterocycles. The van der Waals surface area contributed by atoms with E-state index in [2.05, 4.69) is 26.1 Å². The average Bonchev–Trinajstić information content (AvgIpc) is 2.77. The molecule has 0 amide bonds. The van der Waals surface area contributed by atoms with E-state index in [9.17, 15) is 0 Å². The van der Waals surface area contributed by atoms with Gasteiger partial charge in [-0.1, -0.05) is 18.1 Å². The standard InChI is InChI=1S/C12H14BrN3O/c1-7-3-4-9(10(13)5-7)12-15-11(16-17-12)8(2)6-14/h3-5,8H,6,14H2,1-2H3. The lowest BCUT2D eigenvalue weighted by Crippen LogP contribution is -2.10. The van der Waals surface area contributed by atoms with Crippen LogP contribution in [0.15, 0.2) is 27.2 Å². The molecule has 1 heterocycles. The second-order valence-corrected chi connectivity index (χ2v) is 4.93. The number of halogens is 1. The fourth-order valence-corrected chi connectivity index (χ4v) is 2.11. The van der Waals surface area contributed by atoms with Crippen molar-refractivity contribution in [2.24, 2.45) is 5.73 Å². The SMILES string of the molecule is Cc1ccc(-c2nc(C(C)CN)no2)c(Br)c1. The molecule has 90 valence electrons. The maximum Gasteiger partial charge on any atom is 0.259 e. The second-order valence-electron chi connectivity index (χ2n) is 4.08. The number of hydrogen-bond donors (Lipinski definition) is 1. The molecule has 1 atom stereocenters. The lowest BCUT2D eigenvalue weighted by Gasteiger charge is -2.00. The van der Waals surface area contributed by atoms with E-state index in [1.54, 1.807) is 0 Å². The number of nitrogens with zero attached hydrogens (tertiary/aromatic N) is 2. The third-order valence-electron chi connectivity index (χ3n) is 2.59. The molecular formula is C12H14BrN3O. The van der Waals surface area contributed by atoms with Crippen LogP contribution in [-0.2, 0) is 0 Å². The highest BCUT2D eigenvalue weighted by molar-refractivity contribution is 9.10. The molecule has 1 aromatic carbocycles. The van der Waals surface area contributed by atoms with E-state index in [4.69, 9.17) is 10.3 Å². The molecular weight excluding hydrogens is 282 g/mol. The predicted octanol–water partition coefficient (Wildman–Crippen LogP) is 2.87. The van der Waals surface area contributed by atoms with Crippen molar-refractivity contribution in [2.45, 2.75) is 19.8 Å². The van der Waals surface area contributed by atoms with Gasteiger partial charge < -0.3 is 10.3 Å². The largest absolute Gasteiger partial charge is 0.334 e. The first-order valence-electron chi connectivity index (χ1n) is 5.42. The molecule has 0 saturated carbocycles. The normalized spacial score (nSPS) is 12.7. The minimum atomic E-state index is 0.108. The molecule has 1 unspecified atom stereocenters. The number of rotatable bonds is 3. The van der Waals surface area contributed by atoms with E-state index in [0.717, 1.165) is 10.0 Å². The van der Waals surface area contributed by atoms with Gasteiger partial charge in [0.1, 0.15) is 0 Å². The van der Waals surface area contributed by atoms with Crippen molar-refractivity contribution in [3.8, 4) is 11.5 Å². The van der Waals surface area contributed by atoms with Crippen molar-refractivity contribution in [2.75, 3.05) is 6.54 Å². The Morgan fingerprint density at radius 1 is 1.47 bits per heavy atom. The predicted molar refractivity (Wildman–Crippen MR) is 69.6 cm³/mol. The Balaban J connectivity index is 2.37. The van der Waals surface area contributed by atoms with Crippen LogP contribution < -0.4 is 5.73 Å². The van der Waals surface area contributed by atoms with Crippen molar-refractivity contribution >= 4 is 15.9 Å². The molecule has 0 spiro atoms. The van der Waals surface area contributed by atoms with Crippen molar-refractivity contribution in [1.82, 2.24) is 10.1 Å². The maximum absolute atomic E-state index is 5.57. The molecule has 2 N–H and O–H groups in total. The first-order chi connectivity index (χ1) is 8.11. The summed E-state index contributed by atoms with van der Waals surface area (Å²) in [4.78, 5) is 4.35. The van der Waals surface area contributed by atoms with Gasteiger partial charge in [-0.05, 0) is 40.5 Å². The molecule has 0 saturated heterocycles. The van der Waals surface area contributed by atoms with Crippen LogP contribution in [-0.4, -0.2) is 16.7 Å². The van der Waals surface area contributed by atoms with Crippen LogP contribution in [0.25, 0.3) is 11.5 Å². The van der Waals surface area contributed by atoms with Gasteiger partial charge in [0.05, 0.1) is 5.56 Å². The van der Waals surface area contributed by atoms with Crippen LogP contribution in [0.1, 0.15) is 24.2 Å². The highest BCUT2D eigenvalue weighted by Gasteiger charge is 2.15.